The molecule has 0 fully saturated rings. The number of benzene rings is 1. The monoisotopic (exact) mass is 423 g/mol. The van der Waals surface area contributed by atoms with E-state index in [4.69, 9.17) is 16.6 Å². The summed E-state index contributed by atoms with van der Waals surface area (Å²) in [5.41, 5.74) is 6.32. The van der Waals surface area contributed by atoms with Gasteiger partial charge in [0.2, 0.25) is 0 Å². The van der Waals surface area contributed by atoms with Gasteiger partial charge in [-0.25, -0.2) is 4.98 Å². The molecule has 0 unspecified atom stereocenters. The molecule has 1 aliphatic carbocycles. The van der Waals surface area contributed by atoms with Crippen molar-refractivity contribution in [3.8, 4) is 17.1 Å². The minimum atomic E-state index is -0.0208. The molecule has 0 aliphatic heterocycles. The van der Waals surface area contributed by atoms with Crippen molar-refractivity contribution in [2.24, 2.45) is 0 Å². The SMILES string of the molecule is Cc1ccc(-n2c(C)cc(-c3nc4sc5c(c4c(=O)[nH]3)CCCC5)c2C)cc1Cl. The fourth-order valence-corrected chi connectivity index (χ4v) is 5.85. The number of nitrogens with one attached hydrogen (secondary N) is 1. The average molecular weight is 424 g/mol. The summed E-state index contributed by atoms with van der Waals surface area (Å²) < 4.78 is 2.16. The molecule has 0 amide bonds. The number of hydrogen-bond donors (Lipinski definition) is 1. The molecule has 29 heavy (non-hydrogen) atoms. The highest BCUT2D eigenvalue weighted by Gasteiger charge is 2.21. The molecule has 1 aromatic carbocycles. The van der Waals surface area contributed by atoms with E-state index in [1.807, 2.05) is 19.1 Å². The van der Waals surface area contributed by atoms with Crippen molar-refractivity contribution >= 4 is 33.2 Å². The minimum absolute atomic E-state index is 0.0208. The summed E-state index contributed by atoms with van der Waals surface area (Å²) in [6.45, 7) is 6.11. The van der Waals surface area contributed by atoms with Crippen molar-refractivity contribution in [1.29, 1.82) is 0 Å². The summed E-state index contributed by atoms with van der Waals surface area (Å²) in [7, 11) is 0. The molecule has 0 bridgehead atoms. The van der Waals surface area contributed by atoms with Crippen molar-refractivity contribution in [3.05, 3.63) is 67.0 Å². The van der Waals surface area contributed by atoms with Crippen LogP contribution in [0.2, 0.25) is 5.02 Å². The maximum atomic E-state index is 12.9. The summed E-state index contributed by atoms with van der Waals surface area (Å²) in [5, 5.41) is 1.54. The number of halogens is 1. The van der Waals surface area contributed by atoms with Crippen LogP contribution < -0.4 is 5.56 Å². The smallest absolute Gasteiger partial charge is 0.260 e. The molecule has 0 atom stereocenters. The Balaban J connectivity index is 1.68. The van der Waals surface area contributed by atoms with E-state index >= 15 is 0 Å². The second-order valence-corrected chi connectivity index (χ2v) is 9.35. The third kappa shape index (κ3) is 2.95. The molecule has 4 nitrogen and oxygen atoms in total. The Kier molecular flexibility index (Phi) is 4.41. The predicted octanol–water partition coefficient (Wildman–Crippen LogP) is 5.90. The number of aromatic nitrogens is 3. The Hall–Kier alpha value is -2.37. The minimum Gasteiger partial charge on any atom is -0.318 e. The Morgan fingerprint density at radius 3 is 2.72 bits per heavy atom. The van der Waals surface area contributed by atoms with E-state index in [0.29, 0.717) is 5.82 Å². The lowest BCUT2D eigenvalue weighted by Gasteiger charge is -2.11. The second-order valence-electron chi connectivity index (χ2n) is 7.86. The summed E-state index contributed by atoms with van der Waals surface area (Å²) in [4.78, 5) is 23.1. The molecule has 1 aliphatic rings. The van der Waals surface area contributed by atoms with Gasteiger partial charge in [0.1, 0.15) is 10.7 Å². The van der Waals surface area contributed by atoms with Crippen LogP contribution in [0.3, 0.4) is 0 Å². The van der Waals surface area contributed by atoms with Gasteiger partial charge in [0, 0.05) is 32.5 Å². The lowest BCUT2D eigenvalue weighted by atomic mass is 9.97. The topological polar surface area (TPSA) is 50.7 Å². The summed E-state index contributed by atoms with van der Waals surface area (Å²) in [5.74, 6) is 0.638. The first kappa shape index (κ1) is 18.6. The first-order chi connectivity index (χ1) is 13.9. The van der Waals surface area contributed by atoms with E-state index in [2.05, 4.69) is 35.5 Å². The molecule has 0 saturated heterocycles. The van der Waals surface area contributed by atoms with Crippen LogP contribution in [0.1, 0.15) is 40.2 Å². The molecule has 0 saturated carbocycles. The Bertz CT molecular complexity index is 1330. The van der Waals surface area contributed by atoms with E-state index in [1.165, 1.54) is 16.9 Å². The molecule has 4 aromatic rings. The zero-order chi connectivity index (χ0) is 20.3. The van der Waals surface area contributed by atoms with Crippen molar-refractivity contribution in [1.82, 2.24) is 14.5 Å². The van der Waals surface area contributed by atoms with Crippen molar-refractivity contribution in [2.45, 2.75) is 46.5 Å². The van der Waals surface area contributed by atoms with Crippen molar-refractivity contribution in [3.63, 3.8) is 0 Å². The van der Waals surface area contributed by atoms with Crippen LogP contribution in [0.4, 0.5) is 0 Å². The van der Waals surface area contributed by atoms with E-state index in [1.54, 1.807) is 11.3 Å². The second kappa shape index (κ2) is 6.85. The Morgan fingerprint density at radius 1 is 1.14 bits per heavy atom. The predicted molar refractivity (Wildman–Crippen MR) is 121 cm³/mol. The standard InChI is InChI=1S/C23H22ClN3OS/c1-12-8-9-15(11-18(12)24)27-13(2)10-17(14(27)3)21-25-22(28)20-16-6-4-5-7-19(16)29-23(20)26-21/h8-11H,4-7H2,1-3H3,(H,25,26,28). The largest absolute Gasteiger partial charge is 0.318 e. The van der Waals surface area contributed by atoms with Gasteiger partial charge in [-0.2, -0.15) is 0 Å². The van der Waals surface area contributed by atoms with Gasteiger partial charge >= 0.3 is 0 Å². The van der Waals surface area contributed by atoms with Gasteiger partial charge in [0.15, 0.2) is 0 Å². The van der Waals surface area contributed by atoms with Crippen LogP contribution in [-0.4, -0.2) is 14.5 Å². The average Bonchev–Trinajstić information content (AvgIpc) is 3.21. The molecule has 6 heteroatoms. The van der Waals surface area contributed by atoms with Gasteiger partial charge in [-0.1, -0.05) is 17.7 Å². The van der Waals surface area contributed by atoms with Crippen LogP contribution in [0.15, 0.2) is 29.1 Å². The third-order valence-electron chi connectivity index (χ3n) is 5.92. The first-order valence-corrected chi connectivity index (χ1v) is 11.1. The summed E-state index contributed by atoms with van der Waals surface area (Å²) in [6.07, 6.45) is 4.40. The molecule has 0 radical (unpaired) electrons. The molecule has 5 rings (SSSR count). The van der Waals surface area contributed by atoms with Gasteiger partial charge in [-0.15, -0.1) is 11.3 Å². The Morgan fingerprint density at radius 2 is 1.93 bits per heavy atom. The zero-order valence-corrected chi connectivity index (χ0v) is 18.3. The lowest BCUT2D eigenvalue weighted by molar-refractivity contribution is 0.700. The molecule has 148 valence electrons. The maximum Gasteiger partial charge on any atom is 0.260 e. The number of aryl methyl sites for hydroxylation is 4. The maximum absolute atomic E-state index is 12.9. The first-order valence-electron chi connectivity index (χ1n) is 9.94. The van der Waals surface area contributed by atoms with Crippen LogP contribution in [0.5, 0.6) is 0 Å². The highest BCUT2D eigenvalue weighted by atomic mass is 35.5. The summed E-state index contributed by atoms with van der Waals surface area (Å²) in [6, 6.07) is 8.16. The van der Waals surface area contributed by atoms with Crippen molar-refractivity contribution in [2.75, 3.05) is 0 Å². The van der Waals surface area contributed by atoms with Gasteiger partial charge in [-0.05, 0) is 75.8 Å². The summed E-state index contributed by atoms with van der Waals surface area (Å²) >= 11 is 8.04. The fraction of sp³-hybridized carbons (Fsp3) is 0.304. The third-order valence-corrected chi connectivity index (χ3v) is 7.52. The van der Waals surface area contributed by atoms with E-state index in [-0.39, 0.29) is 5.56 Å². The normalized spacial score (nSPS) is 13.8. The highest BCUT2D eigenvalue weighted by molar-refractivity contribution is 7.18. The fourth-order valence-electron chi connectivity index (χ4n) is 4.41. The van der Waals surface area contributed by atoms with E-state index in [0.717, 1.165) is 62.7 Å². The van der Waals surface area contributed by atoms with Crippen molar-refractivity contribution < 1.29 is 0 Å². The van der Waals surface area contributed by atoms with E-state index < -0.39 is 0 Å². The Labute approximate surface area is 178 Å². The molecular formula is C23H22ClN3OS. The molecule has 3 heterocycles. The number of H-pyrrole nitrogens is 1. The molecular weight excluding hydrogens is 402 g/mol. The number of fused-ring (bicyclic) bond motifs is 3. The highest BCUT2D eigenvalue weighted by Crippen LogP contribution is 2.35. The number of aromatic amines is 1. The molecule has 3 aromatic heterocycles. The van der Waals surface area contributed by atoms with Gasteiger partial charge in [0.05, 0.1) is 5.39 Å². The number of rotatable bonds is 2. The number of thiophene rings is 1. The van der Waals surface area contributed by atoms with Crippen LogP contribution in [0.25, 0.3) is 27.3 Å². The zero-order valence-electron chi connectivity index (χ0n) is 16.7. The van der Waals surface area contributed by atoms with Gasteiger partial charge in [0.25, 0.3) is 5.56 Å². The van der Waals surface area contributed by atoms with Crippen LogP contribution >= 0.6 is 22.9 Å². The number of hydrogen-bond acceptors (Lipinski definition) is 3. The van der Waals surface area contributed by atoms with Crippen LogP contribution in [-0.2, 0) is 12.8 Å². The quantitative estimate of drug-likeness (QED) is 0.436. The number of nitrogens with zero attached hydrogens (tertiary/aromatic N) is 2. The van der Waals surface area contributed by atoms with E-state index in [9.17, 15) is 4.79 Å². The molecule has 0 spiro atoms. The van der Waals surface area contributed by atoms with Gasteiger partial charge in [-0.3, -0.25) is 4.79 Å². The lowest BCUT2D eigenvalue weighted by Crippen LogP contribution is -2.11. The van der Waals surface area contributed by atoms with Gasteiger partial charge < -0.3 is 9.55 Å². The van der Waals surface area contributed by atoms with Crippen LogP contribution in [0, 0.1) is 20.8 Å². The molecule has 1 N–H and O–H groups in total.